The van der Waals surface area contributed by atoms with Crippen molar-refractivity contribution in [2.45, 2.75) is 6.54 Å². The molecule has 0 aromatic heterocycles. The molecule has 5 heteroatoms. The van der Waals surface area contributed by atoms with Gasteiger partial charge in [0.2, 0.25) is 0 Å². The van der Waals surface area contributed by atoms with E-state index in [2.05, 4.69) is 52.1 Å². The quantitative estimate of drug-likeness (QED) is 0.782. The van der Waals surface area contributed by atoms with Crippen molar-refractivity contribution in [1.29, 1.82) is 0 Å². The van der Waals surface area contributed by atoms with Gasteiger partial charge in [0.25, 0.3) is 0 Å². The van der Waals surface area contributed by atoms with Gasteiger partial charge in [-0.25, -0.2) is 0 Å². The van der Waals surface area contributed by atoms with Crippen LogP contribution in [0.15, 0.2) is 28.7 Å². The smallest absolute Gasteiger partial charge is 0.0594 e. The third-order valence-corrected chi connectivity index (χ3v) is 2.77. The topological polar surface area (TPSA) is 38.5 Å². The maximum absolute atomic E-state index is 5.34. The minimum atomic E-state index is 0. The van der Waals surface area contributed by atoms with Gasteiger partial charge in [0.05, 0.1) is 13.2 Å². The van der Waals surface area contributed by atoms with Crippen molar-refractivity contribution < 1.29 is 4.74 Å². The van der Waals surface area contributed by atoms with Crippen LogP contribution >= 0.6 is 28.3 Å². The Kier molecular flexibility index (Phi) is 9.78. The molecule has 0 aliphatic carbocycles. The first kappa shape index (κ1) is 16.9. The fourth-order valence-corrected chi connectivity index (χ4v) is 1.65. The zero-order valence-corrected chi connectivity index (χ0v) is 12.5. The van der Waals surface area contributed by atoms with Gasteiger partial charge in [-0.1, -0.05) is 28.1 Å². The molecule has 0 aliphatic rings. The van der Waals surface area contributed by atoms with Crippen molar-refractivity contribution in [3.8, 4) is 0 Å². The molecule has 17 heavy (non-hydrogen) atoms. The summed E-state index contributed by atoms with van der Waals surface area (Å²) >= 11 is 3.43. The number of likely N-dealkylation sites (N-methyl/N-ethyl adjacent to an activating group) is 1. The molecule has 0 spiro atoms. The second kappa shape index (κ2) is 9.85. The number of hydrogen-bond acceptors (Lipinski definition) is 3. The zero-order valence-electron chi connectivity index (χ0n) is 10.1. The predicted octanol–water partition coefficient (Wildman–Crippen LogP) is 2.28. The number of rotatable bonds is 7. The minimum Gasteiger partial charge on any atom is -0.379 e. The molecular formula is C12H20BrClN2O. The standard InChI is InChI=1S/C12H19BrN2O.ClH/c1-15(7-9-16-8-6-14)10-11-2-4-12(13)5-3-11;/h2-5H,6-10,14H2,1H3;1H. The van der Waals surface area contributed by atoms with E-state index < -0.39 is 0 Å². The van der Waals surface area contributed by atoms with Crippen LogP contribution in [0.3, 0.4) is 0 Å². The first-order chi connectivity index (χ1) is 7.72. The summed E-state index contributed by atoms with van der Waals surface area (Å²) in [6.45, 7) is 3.85. The van der Waals surface area contributed by atoms with E-state index in [1.807, 2.05) is 0 Å². The highest BCUT2D eigenvalue weighted by atomic mass is 79.9. The lowest BCUT2D eigenvalue weighted by Gasteiger charge is -2.16. The molecule has 0 fully saturated rings. The molecule has 1 rings (SSSR count). The molecule has 0 atom stereocenters. The molecular weight excluding hydrogens is 304 g/mol. The molecule has 0 amide bonds. The molecule has 0 saturated heterocycles. The number of hydrogen-bond donors (Lipinski definition) is 1. The van der Waals surface area contributed by atoms with E-state index in [0.717, 1.165) is 24.2 Å². The molecule has 0 heterocycles. The second-order valence-electron chi connectivity index (χ2n) is 3.77. The molecule has 0 aliphatic heterocycles. The molecule has 3 nitrogen and oxygen atoms in total. The Balaban J connectivity index is 0.00000256. The van der Waals surface area contributed by atoms with Gasteiger partial charge < -0.3 is 10.5 Å². The molecule has 1 aromatic rings. The summed E-state index contributed by atoms with van der Waals surface area (Å²) in [5, 5.41) is 0. The van der Waals surface area contributed by atoms with Gasteiger partial charge in [-0.3, -0.25) is 4.90 Å². The van der Waals surface area contributed by atoms with Crippen molar-refractivity contribution in [1.82, 2.24) is 4.90 Å². The largest absolute Gasteiger partial charge is 0.379 e. The van der Waals surface area contributed by atoms with Crippen LogP contribution in [0.1, 0.15) is 5.56 Å². The molecule has 0 bridgehead atoms. The number of nitrogens with zero attached hydrogens (tertiary/aromatic N) is 1. The van der Waals surface area contributed by atoms with E-state index in [1.165, 1.54) is 5.56 Å². The Morgan fingerprint density at radius 1 is 1.24 bits per heavy atom. The van der Waals surface area contributed by atoms with Crippen LogP contribution in [0, 0.1) is 0 Å². The highest BCUT2D eigenvalue weighted by Crippen LogP contribution is 2.11. The lowest BCUT2D eigenvalue weighted by atomic mass is 10.2. The van der Waals surface area contributed by atoms with E-state index >= 15 is 0 Å². The number of ether oxygens (including phenoxy) is 1. The highest BCUT2D eigenvalue weighted by molar-refractivity contribution is 9.10. The predicted molar refractivity (Wildman–Crippen MR) is 77.6 cm³/mol. The molecule has 1 aromatic carbocycles. The number of halogens is 2. The monoisotopic (exact) mass is 322 g/mol. The SMILES string of the molecule is CN(CCOCCN)Cc1ccc(Br)cc1.Cl. The molecule has 0 unspecified atom stereocenters. The summed E-state index contributed by atoms with van der Waals surface area (Å²) in [5.74, 6) is 0. The summed E-state index contributed by atoms with van der Waals surface area (Å²) in [5.41, 5.74) is 6.65. The van der Waals surface area contributed by atoms with Gasteiger partial charge in [-0.2, -0.15) is 0 Å². The van der Waals surface area contributed by atoms with Crippen LogP contribution in [0.25, 0.3) is 0 Å². The van der Waals surface area contributed by atoms with Crippen molar-refractivity contribution in [2.75, 3.05) is 33.4 Å². The maximum atomic E-state index is 5.34. The number of benzene rings is 1. The van der Waals surface area contributed by atoms with Crippen LogP contribution in [-0.2, 0) is 11.3 Å². The fraction of sp³-hybridized carbons (Fsp3) is 0.500. The fourth-order valence-electron chi connectivity index (χ4n) is 1.39. The van der Waals surface area contributed by atoms with Crippen molar-refractivity contribution >= 4 is 28.3 Å². The van der Waals surface area contributed by atoms with Gasteiger partial charge in [-0.05, 0) is 24.7 Å². The van der Waals surface area contributed by atoms with E-state index in [-0.39, 0.29) is 12.4 Å². The average molecular weight is 324 g/mol. The van der Waals surface area contributed by atoms with E-state index in [4.69, 9.17) is 10.5 Å². The van der Waals surface area contributed by atoms with Crippen molar-refractivity contribution in [3.05, 3.63) is 34.3 Å². The van der Waals surface area contributed by atoms with E-state index in [0.29, 0.717) is 13.2 Å². The number of nitrogens with two attached hydrogens (primary N) is 1. The lowest BCUT2D eigenvalue weighted by Crippen LogP contribution is -2.23. The van der Waals surface area contributed by atoms with Crippen LogP contribution in [0.5, 0.6) is 0 Å². The van der Waals surface area contributed by atoms with Crippen LogP contribution < -0.4 is 5.73 Å². The van der Waals surface area contributed by atoms with E-state index in [9.17, 15) is 0 Å². The average Bonchev–Trinajstić information content (AvgIpc) is 2.28. The Labute approximate surface area is 118 Å². The van der Waals surface area contributed by atoms with Gasteiger partial charge in [0.15, 0.2) is 0 Å². The zero-order chi connectivity index (χ0) is 11.8. The first-order valence-corrected chi connectivity index (χ1v) is 6.22. The van der Waals surface area contributed by atoms with E-state index in [1.54, 1.807) is 0 Å². The van der Waals surface area contributed by atoms with Gasteiger partial charge >= 0.3 is 0 Å². The highest BCUT2D eigenvalue weighted by Gasteiger charge is 2.00. The van der Waals surface area contributed by atoms with Gasteiger partial charge in [0, 0.05) is 24.1 Å². The summed E-state index contributed by atoms with van der Waals surface area (Å²) in [4.78, 5) is 2.24. The normalized spacial score (nSPS) is 10.4. The first-order valence-electron chi connectivity index (χ1n) is 5.43. The molecule has 0 radical (unpaired) electrons. The summed E-state index contributed by atoms with van der Waals surface area (Å²) < 4.78 is 6.45. The van der Waals surface area contributed by atoms with Crippen LogP contribution in [-0.4, -0.2) is 38.3 Å². The lowest BCUT2D eigenvalue weighted by molar-refractivity contribution is 0.115. The molecule has 0 saturated carbocycles. The summed E-state index contributed by atoms with van der Waals surface area (Å²) in [6.07, 6.45) is 0. The van der Waals surface area contributed by atoms with Gasteiger partial charge in [0.1, 0.15) is 0 Å². The van der Waals surface area contributed by atoms with Crippen LogP contribution in [0.4, 0.5) is 0 Å². The Hall–Kier alpha value is -0.130. The Morgan fingerprint density at radius 3 is 2.47 bits per heavy atom. The molecule has 2 N–H and O–H groups in total. The van der Waals surface area contributed by atoms with Crippen molar-refractivity contribution in [3.63, 3.8) is 0 Å². The third-order valence-electron chi connectivity index (χ3n) is 2.25. The summed E-state index contributed by atoms with van der Waals surface area (Å²) in [6, 6.07) is 8.38. The maximum Gasteiger partial charge on any atom is 0.0594 e. The third kappa shape index (κ3) is 7.73. The molecule has 98 valence electrons. The Bertz CT molecular complexity index is 295. The second-order valence-corrected chi connectivity index (χ2v) is 4.68. The minimum absolute atomic E-state index is 0. The summed E-state index contributed by atoms with van der Waals surface area (Å²) in [7, 11) is 2.09. The van der Waals surface area contributed by atoms with Crippen molar-refractivity contribution in [2.24, 2.45) is 5.73 Å². The Morgan fingerprint density at radius 2 is 1.88 bits per heavy atom. The van der Waals surface area contributed by atoms with Gasteiger partial charge in [-0.15, -0.1) is 12.4 Å². The van der Waals surface area contributed by atoms with Crippen LogP contribution in [0.2, 0.25) is 0 Å².